The van der Waals surface area contributed by atoms with Gasteiger partial charge >= 0.3 is 0 Å². The number of hydrogen-bond acceptors (Lipinski definition) is 1. The van der Waals surface area contributed by atoms with E-state index in [9.17, 15) is 0 Å². The van der Waals surface area contributed by atoms with Crippen LogP contribution < -0.4 is 9.47 Å². The monoisotopic (exact) mass is 179 g/mol. The molecule has 0 radical (unpaired) electrons. The highest BCUT2D eigenvalue weighted by Crippen LogP contribution is 2.08. The van der Waals surface area contributed by atoms with Crippen molar-refractivity contribution < 1.29 is 4.57 Å². The van der Waals surface area contributed by atoms with Crippen LogP contribution in [0.1, 0.15) is 19.8 Å². The summed E-state index contributed by atoms with van der Waals surface area (Å²) in [6.45, 7) is 3.36. The third-order valence-corrected chi connectivity index (χ3v) is 2.21. The standard InChI is InChI=1S/C11H19N2/c1-4-5-9-13(3)11-7-6-8-12(2)10-11/h6-8,10H,4-5,9H2,1-3H3/q+1. The van der Waals surface area contributed by atoms with Crippen LogP contribution in [0, 0.1) is 0 Å². The molecule has 0 spiro atoms. The maximum Gasteiger partial charge on any atom is 0.192 e. The van der Waals surface area contributed by atoms with Gasteiger partial charge in [0.05, 0.1) is 0 Å². The van der Waals surface area contributed by atoms with Crippen molar-refractivity contribution in [3.05, 3.63) is 24.5 Å². The van der Waals surface area contributed by atoms with Gasteiger partial charge < -0.3 is 4.90 Å². The van der Waals surface area contributed by atoms with Gasteiger partial charge in [0.1, 0.15) is 12.7 Å². The van der Waals surface area contributed by atoms with Crippen molar-refractivity contribution in [2.45, 2.75) is 19.8 Å². The maximum atomic E-state index is 2.30. The van der Waals surface area contributed by atoms with Crippen molar-refractivity contribution in [3.8, 4) is 0 Å². The zero-order valence-electron chi connectivity index (χ0n) is 8.83. The molecule has 0 unspecified atom stereocenters. The molecule has 0 bridgehead atoms. The normalized spacial score (nSPS) is 10.1. The van der Waals surface area contributed by atoms with E-state index in [1.165, 1.54) is 18.5 Å². The second-order valence-corrected chi connectivity index (χ2v) is 3.50. The fourth-order valence-electron chi connectivity index (χ4n) is 1.32. The number of hydrogen-bond donors (Lipinski definition) is 0. The number of nitrogens with zero attached hydrogens (tertiary/aromatic N) is 2. The molecule has 2 heteroatoms. The Kier molecular flexibility index (Phi) is 3.74. The molecule has 1 aromatic heterocycles. The van der Waals surface area contributed by atoms with E-state index < -0.39 is 0 Å². The van der Waals surface area contributed by atoms with Crippen molar-refractivity contribution in [1.29, 1.82) is 0 Å². The first-order chi connectivity index (χ1) is 6.24. The molecular weight excluding hydrogens is 160 g/mol. The van der Waals surface area contributed by atoms with Crippen molar-refractivity contribution >= 4 is 5.69 Å². The molecule has 0 saturated heterocycles. The van der Waals surface area contributed by atoms with Gasteiger partial charge in [-0.2, -0.15) is 0 Å². The van der Waals surface area contributed by atoms with Gasteiger partial charge in [0.15, 0.2) is 12.4 Å². The van der Waals surface area contributed by atoms with Gasteiger partial charge in [-0.25, -0.2) is 4.57 Å². The van der Waals surface area contributed by atoms with Crippen molar-refractivity contribution in [3.63, 3.8) is 0 Å². The average Bonchev–Trinajstić information content (AvgIpc) is 2.14. The molecule has 0 N–H and O–H groups in total. The zero-order chi connectivity index (χ0) is 9.68. The third kappa shape index (κ3) is 3.05. The predicted octanol–water partition coefficient (Wildman–Crippen LogP) is 1.75. The first kappa shape index (κ1) is 10.0. The SMILES string of the molecule is CCCCN(C)c1ccc[n+](C)c1. The summed E-state index contributed by atoms with van der Waals surface area (Å²) in [7, 11) is 4.20. The minimum Gasteiger partial charge on any atom is -0.370 e. The van der Waals surface area contributed by atoms with Crippen LogP contribution in [0.5, 0.6) is 0 Å². The Hall–Kier alpha value is -1.05. The van der Waals surface area contributed by atoms with Crippen molar-refractivity contribution in [2.24, 2.45) is 7.05 Å². The Morgan fingerprint density at radius 1 is 1.46 bits per heavy atom. The Morgan fingerprint density at radius 3 is 2.85 bits per heavy atom. The van der Waals surface area contributed by atoms with Gasteiger partial charge in [-0.05, 0) is 12.5 Å². The summed E-state index contributed by atoms with van der Waals surface area (Å²) in [5.41, 5.74) is 1.29. The van der Waals surface area contributed by atoms with E-state index in [0.29, 0.717) is 0 Å². The fraction of sp³-hybridized carbons (Fsp3) is 0.545. The summed E-state index contributed by atoms with van der Waals surface area (Å²) < 4.78 is 2.08. The van der Waals surface area contributed by atoms with Gasteiger partial charge in [0.25, 0.3) is 0 Å². The molecule has 1 heterocycles. The summed E-state index contributed by atoms with van der Waals surface area (Å²) in [5, 5.41) is 0. The summed E-state index contributed by atoms with van der Waals surface area (Å²) >= 11 is 0. The quantitative estimate of drug-likeness (QED) is 0.639. The van der Waals surface area contributed by atoms with Crippen molar-refractivity contribution in [2.75, 3.05) is 18.5 Å². The molecule has 72 valence electrons. The van der Waals surface area contributed by atoms with Gasteiger partial charge in [0, 0.05) is 19.7 Å². The van der Waals surface area contributed by atoms with Crippen LogP contribution in [-0.4, -0.2) is 13.6 Å². The molecule has 0 aliphatic rings. The van der Waals surface area contributed by atoms with Crippen LogP contribution in [0.4, 0.5) is 5.69 Å². The minimum absolute atomic E-state index is 1.14. The Labute approximate surface area is 80.8 Å². The summed E-state index contributed by atoms with van der Waals surface area (Å²) in [5.74, 6) is 0. The molecule has 1 rings (SSSR count). The Balaban J connectivity index is 2.60. The lowest BCUT2D eigenvalue weighted by molar-refractivity contribution is -0.670. The van der Waals surface area contributed by atoms with Gasteiger partial charge in [-0.15, -0.1) is 0 Å². The van der Waals surface area contributed by atoms with Gasteiger partial charge in [-0.1, -0.05) is 13.3 Å². The minimum atomic E-state index is 1.14. The topological polar surface area (TPSA) is 7.12 Å². The second kappa shape index (κ2) is 4.85. The molecule has 0 fully saturated rings. The molecule has 0 atom stereocenters. The van der Waals surface area contributed by atoms with Crippen LogP contribution in [0.15, 0.2) is 24.5 Å². The molecule has 0 amide bonds. The summed E-state index contributed by atoms with van der Waals surface area (Å²) in [4.78, 5) is 2.30. The molecule has 0 aliphatic carbocycles. The summed E-state index contributed by atoms with van der Waals surface area (Å²) in [6, 6.07) is 4.23. The van der Waals surface area contributed by atoms with Crippen LogP contribution in [0.2, 0.25) is 0 Å². The van der Waals surface area contributed by atoms with E-state index in [0.717, 1.165) is 6.54 Å². The molecule has 1 aromatic rings. The van der Waals surface area contributed by atoms with Gasteiger partial charge in [0.2, 0.25) is 0 Å². The van der Waals surface area contributed by atoms with E-state index in [4.69, 9.17) is 0 Å². The van der Waals surface area contributed by atoms with Crippen molar-refractivity contribution in [1.82, 2.24) is 0 Å². The average molecular weight is 179 g/mol. The molecular formula is C11H19N2+. The second-order valence-electron chi connectivity index (χ2n) is 3.50. The van der Waals surface area contributed by atoms with Crippen LogP contribution in [0.3, 0.4) is 0 Å². The first-order valence-corrected chi connectivity index (χ1v) is 4.90. The predicted molar refractivity (Wildman–Crippen MR) is 55.8 cm³/mol. The maximum absolute atomic E-state index is 2.30. The largest absolute Gasteiger partial charge is 0.370 e. The van der Waals surface area contributed by atoms with E-state index in [1.54, 1.807) is 0 Å². The Bertz CT molecular complexity index is 258. The number of pyridine rings is 1. The molecule has 0 saturated carbocycles. The smallest absolute Gasteiger partial charge is 0.192 e. The lowest BCUT2D eigenvalue weighted by Gasteiger charge is -2.16. The third-order valence-electron chi connectivity index (χ3n) is 2.21. The highest BCUT2D eigenvalue weighted by atomic mass is 15.1. The van der Waals surface area contributed by atoms with E-state index in [1.807, 2.05) is 0 Å². The molecule has 2 nitrogen and oxygen atoms in total. The number of aromatic nitrogens is 1. The molecule has 0 aliphatic heterocycles. The van der Waals surface area contributed by atoms with Crippen LogP contribution in [-0.2, 0) is 7.05 Å². The number of aryl methyl sites for hydroxylation is 1. The van der Waals surface area contributed by atoms with Gasteiger partial charge in [-0.3, -0.25) is 0 Å². The molecule has 0 aromatic carbocycles. The van der Waals surface area contributed by atoms with E-state index >= 15 is 0 Å². The fourth-order valence-corrected chi connectivity index (χ4v) is 1.32. The van der Waals surface area contributed by atoms with Crippen LogP contribution >= 0.6 is 0 Å². The number of anilines is 1. The highest BCUT2D eigenvalue weighted by Gasteiger charge is 2.02. The lowest BCUT2D eigenvalue weighted by atomic mass is 10.3. The zero-order valence-corrected chi connectivity index (χ0v) is 8.83. The number of rotatable bonds is 4. The van der Waals surface area contributed by atoms with E-state index in [-0.39, 0.29) is 0 Å². The summed E-state index contributed by atoms with van der Waals surface area (Å²) in [6.07, 6.45) is 6.71. The Morgan fingerprint density at radius 2 is 2.23 bits per heavy atom. The highest BCUT2D eigenvalue weighted by molar-refractivity contribution is 5.40. The van der Waals surface area contributed by atoms with Crippen LogP contribution in [0.25, 0.3) is 0 Å². The lowest BCUT2D eigenvalue weighted by Crippen LogP contribution is -2.29. The van der Waals surface area contributed by atoms with E-state index in [2.05, 4.69) is 55.0 Å². The first-order valence-electron chi connectivity index (χ1n) is 4.90. The number of unbranched alkanes of at least 4 members (excludes halogenated alkanes) is 1. The molecule has 13 heavy (non-hydrogen) atoms.